The van der Waals surface area contributed by atoms with Crippen LogP contribution in [0.5, 0.6) is 0 Å². The van der Waals surface area contributed by atoms with Crippen molar-refractivity contribution in [3.05, 3.63) is 98.1 Å². The van der Waals surface area contributed by atoms with Crippen molar-refractivity contribution >= 4 is 23.0 Å². The summed E-state index contributed by atoms with van der Waals surface area (Å²) in [6, 6.07) is 13.2. The lowest BCUT2D eigenvalue weighted by Gasteiger charge is -2.13. The molecule has 0 unspecified atom stereocenters. The third-order valence-corrected chi connectivity index (χ3v) is 4.39. The lowest BCUT2D eigenvalue weighted by atomic mass is 9.98. The summed E-state index contributed by atoms with van der Waals surface area (Å²) in [5, 5.41) is 22.0. The third kappa shape index (κ3) is 4.80. The quantitative estimate of drug-likeness (QED) is 0.408. The number of alkyl halides is 3. The van der Waals surface area contributed by atoms with Crippen LogP contribution in [0, 0.1) is 20.2 Å². The molecule has 9 nitrogen and oxygen atoms in total. The Kier molecular flexibility index (Phi) is 6.05. The van der Waals surface area contributed by atoms with Crippen molar-refractivity contribution in [3.8, 4) is 11.1 Å². The molecule has 164 valence electrons. The fourth-order valence-corrected chi connectivity index (χ4v) is 2.85. The second kappa shape index (κ2) is 8.71. The van der Waals surface area contributed by atoms with Gasteiger partial charge in [0.05, 0.1) is 21.5 Å². The van der Waals surface area contributed by atoms with Gasteiger partial charge >= 0.3 is 11.9 Å². The summed E-state index contributed by atoms with van der Waals surface area (Å²) in [5.41, 5.74) is 3.23. The van der Waals surface area contributed by atoms with Gasteiger partial charge < -0.3 is 0 Å². The van der Waals surface area contributed by atoms with E-state index in [1.807, 2.05) is 0 Å². The van der Waals surface area contributed by atoms with Gasteiger partial charge in [0.1, 0.15) is 5.69 Å². The van der Waals surface area contributed by atoms with Crippen molar-refractivity contribution in [1.29, 1.82) is 0 Å². The lowest BCUT2D eigenvalue weighted by Crippen LogP contribution is -2.30. The van der Waals surface area contributed by atoms with Crippen LogP contribution in [-0.4, -0.2) is 15.8 Å². The molecular weight excluding hydrogens is 433 g/mol. The molecule has 0 aromatic heterocycles. The van der Waals surface area contributed by atoms with E-state index in [0.717, 1.165) is 30.3 Å². The molecule has 32 heavy (non-hydrogen) atoms. The molecule has 0 saturated carbocycles. The molecular formula is C20H13F3N4O5. The molecule has 1 amide bonds. The van der Waals surface area contributed by atoms with E-state index in [9.17, 15) is 38.2 Å². The highest BCUT2D eigenvalue weighted by molar-refractivity contribution is 6.01. The van der Waals surface area contributed by atoms with Crippen molar-refractivity contribution < 1.29 is 27.8 Å². The molecule has 3 rings (SSSR count). The fourth-order valence-electron chi connectivity index (χ4n) is 2.85. The van der Waals surface area contributed by atoms with Crippen LogP contribution in [0.2, 0.25) is 0 Å². The zero-order valence-corrected chi connectivity index (χ0v) is 15.9. The maximum absolute atomic E-state index is 12.8. The van der Waals surface area contributed by atoms with Gasteiger partial charge in [-0.3, -0.25) is 35.9 Å². The van der Waals surface area contributed by atoms with Gasteiger partial charge in [0.25, 0.3) is 11.6 Å². The highest BCUT2D eigenvalue weighted by atomic mass is 19.4. The number of anilines is 1. The summed E-state index contributed by atoms with van der Waals surface area (Å²) in [7, 11) is 0. The Bertz CT molecular complexity index is 1200. The maximum Gasteiger partial charge on any atom is 0.416 e. The first-order chi connectivity index (χ1) is 15.1. The number of hydrogen-bond acceptors (Lipinski definition) is 6. The number of benzene rings is 3. The summed E-state index contributed by atoms with van der Waals surface area (Å²) >= 11 is 0. The van der Waals surface area contributed by atoms with Crippen molar-refractivity contribution in [1.82, 2.24) is 5.43 Å². The molecule has 0 heterocycles. The van der Waals surface area contributed by atoms with E-state index in [2.05, 4.69) is 10.9 Å². The first kappa shape index (κ1) is 22.2. The number of rotatable bonds is 6. The van der Waals surface area contributed by atoms with Crippen LogP contribution in [0.1, 0.15) is 15.9 Å². The number of non-ortho nitro benzene ring substituents is 1. The number of nitrogens with zero attached hydrogens (tertiary/aromatic N) is 2. The molecule has 2 N–H and O–H groups in total. The zero-order valence-electron chi connectivity index (χ0n) is 15.9. The van der Waals surface area contributed by atoms with Crippen LogP contribution in [-0.2, 0) is 6.18 Å². The number of nitro benzene ring substituents is 2. The van der Waals surface area contributed by atoms with Crippen LogP contribution in [0.4, 0.5) is 30.2 Å². The molecule has 3 aromatic rings. The van der Waals surface area contributed by atoms with Crippen molar-refractivity contribution in [2.45, 2.75) is 6.18 Å². The monoisotopic (exact) mass is 446 g/mol. The van der Waals surface area contributed by atoms with E-state index < -0.39 is 38.9 Å². The first-order valence-corrected chi connectivity index (χ1v) is 8.84. The Labute approximate surface area is 177 Å². The van der Waals surface area contributed by atoms with E-state index in [4.69, 9.17) is 0 Å². The van der Waals surface area contributed by atoms with Crippen molar-refractivity contribution in [3.63, 3.8) is 0 Å². The molecule has 0 aliphatic heterocycles. The molecule has 0 bridgehead atoms. The lowest BCUT2D eigenvalue weighted by molar-refractivity contribution is -0.393. The highest BCUT2D eigenvalue weighted by Crippen LogP contribution is 2.32. The number of nitrogens with one attached hydrogen (secondary N) is 2. The van der Waals surface area contributed by atoms with Gasteiger partial charge in [-0.25, -0.2) is 0 Å². The number of nitro groups is 2. The SMILES string of the molecule is O=C(NNc1ccc([N+](=O)[O-])cc1[N+](=O)[O-])c1ccccc1-c1ccc(C(F)(F)F)cc1. The topological polar surface area (TPSA) is 127 Å². The molecule has 0 atom stereocenters. The maximum atomic E-state index is 12.8. The largest absolute Gasteiger partial charge is 0.416 e. The highest BCUT2D eigenvalue weighted by Gasteiger charge is 2.30. The van der Waals surface area contributed by atoms with E-state index in [0.29, 0.717) is 11.1 Å². The van der Waals surface area contributed by atoms with Gasteiger partial charge in [-0.1, -0.05) is 30.3 Å². The Balaban J connectivity index is 1.85. The van der Waals surface area contributed by atoms with Crippen molar-refractivity contribution in [2.24, 2.45) is 0 Å². The number of halogens is 3. The van der Waals surface area contributed by atoms with E-state index >= 15 is 0 Å². The van der Waals surface area contributed by atoms with Gasteiger partial charge in [-0.05, 0) is 35.4 Å². The normalized spacial score (nSPS) is 11.0. The Morgan fingerprint density at radius 2 is 1.53 bits per heavy atom. The number of hydrogen-bond donors (Lipinski definition) is 2. The fraction of sp³-hybridized carbons (Fsp3) is 0.0500. The van der Waals surface area contributed by atoms with Crippen LogP contribution in [0.25, 0.3) is 11.1 Å². The summed E-state index contributed by atoms with van der Waals surface area (Å²) in [4.78, 5) is 33.0. The number of carbonyl (C=O) groups excluding carboxylic acids is 1. The minimum absolute atomic E-state index is 0.0873. The minimum Gasteiger partial charge on any atom is -0.292 e. The molecule has 0 radical (unpaired) electrons. The molecule has 0 aliphatic rings. The first-order valence-electron chi connectivity index (χ1n) is 8.84. The predicted molar refractivity (Wildman–Crippen MR) is 108 cm³/mol. The van der Waals surface area contributed by atoms with E-state index in [1.54, 1.807) is 6.07 Å². The smallest absolute Gasteiger partial charge is 0.292 e. The van der Waals surface area contributed by atoms with Crippen molar-refractivity contribution in [2.75, 3.05) is 5.43 Å². The van der Waals surface area contributed by atoms with Gasteiger partial charge in [0.15, 0.2) is 0 Å². The third-order valence-electron chi connectivity index (χ3n) is 4.39. The summed E-state index contributed by atoms with van der Waals surface area (Å²) in [6.45, 7) is 0. The Morgan fingerprint density at radius 3 is 2.12 bits per heavy atom. The standard InChI is InChI=1S/C20H13F3N4O5/c21-20(22,23)13-7-5-12(6-8-13)15-3-1-2-4-16(15)19(28)25-24-17-10-9-14(26(29)30)11-18(17)27(31)32/h1-11,24H,(H,25,28). The van der Waals surface area contributed by atoms with Crippen LogP contribution >= 0.6 is 0 Å². The van der Waals surface area contributed by atoms with E-state index in [-0.39, 0.29) is 11.3 Å². The van der Waals surface area contributed by atoms with Crippen LogP contribution in [0.3, 0.4) is 0 Å². The number of carbonyl (C=O) groups is 1. The van der Waals surface area contributed by atoms with Gasteiger partial charge in [0.2, 0.25) is 0 Å². The average molecular weight is 446 g/mol. The summed E-state index contributed by atoms with van der Waals surface area (Å²) in [5.74, 6) is -0.729. The predicted octanol–water partition coefficient (Wildman–Crippen LogP) is 4.95. The molecule has 3 aromatic carbocycles. The summed E-state index contributed by atoms with van der Waals surface area (Å²) < 4.78 is 38.4. The summed E-state index contributed by atoms with van der Waals surface area (Å²) in [6.07, 6.45) is -4.50. The zero-order chi connectivity index (χ0) is 23.5. The second-order valence-corrected chi connectivity index (χ2v) is 6.42. The molecule has 0 fully saturated rings. The average Bonchev–Trinajstić information content (AvgIpc) is 2.76. The molecule has 0 aliphatic carbocycles. The van der Waals surface area contributed by atoms with Gasteiger partial charge in [-0.15, -0.1) is 0 Å². The minimum atomic E-state index is -4.50. The molecule has 0 saturated heterocycles. The van der Waals surface area contributed by atoms with E-state index in [1.165, 1.54) is 30.3 Å². The van der Waals surface area contributed by atoms with Crippen LogP contribution < -0.4 is 10.9 Å². The second-order valence-electron chi connectivity index (χ2n) is 6.42. The van der Waals surface area contributed by atoms with Crippen LogP contribution in [0.15, 0.2) is 66.7 Å². The Hall–Kier alpha value is -4.48. The molecule has 0 spiro atoms. The number of amides is 1. The van der Waals surface area contributed by atoms with Gasteiger partial charge in [0, 0.05) is 11.6 Å². The molecule has 12 heteroatoms. The van der Waals surface area contributed by atoms with Gasteiger partial charge in [-0.2, -0.15) is 13.2 Å². The Morgan fingerprint density at radius 1 is 0.875 bits per heavy atom. The number of hydrazine groups is 1.